The van der Waals surface area contributed by atoms with Gasteiger partial charge in [0.2, 0.25) is 0 Å². The minimum atomic E-state index is -0.150. The van der Waals surface area contributed by atoms with Crippen LogP contribution in [0, 0.1) is 11.8 Å². The first-order valence-electron chi connectivity index (χ1n) is 7.11. The van der Waals surface area contributed by atoms with Crippen molar-refractivity contribution < 1.29 is 9.84 Å². The van der Waals surface area contributed by atoms with E-state index in [1.54, 1.807) is 0 Å². The standard InChI is InChI=1S/C18H21NO2/c1-19(2)12-6-14-21-18-11-10-15-7-3-4-8-16(15)17(18)9-5-13-20/h3-4,7-8,10-11,20H,6,12-14H2,1-2H3. The predicted octanol–water partition coefficient (Wildman–Crippen LogP) is 2.51. The summed E-state index contributed by atoms with van der Waals surface area (Å²) in [6.45, 7) is 1.50. The number of aliphatic hydroxyl groups is 1. The molecule has 2 rings (SSSR count). The highest BCUT2D eigenvalue weighted by atomic mass is 16.5. The lowest BCUT2D eigenvalue weighted by atomic mass is 10.0. The van der Waals surface area contributed by atoms with Crippen LogP contribution in [0.5, 0.6) is 5.75 Å². The van der Waals surface area contributed by atoms with E-state index >= 15 is 0 Å². The molecule has 0 aliphatic rings. The highest BCUT2D eigenvalue weighted by Gasteiger charge is 2.06. The number of rotatable bonds is 5. The fourth-order valence-electron chi connectivity index (χ4n) is 2.19. The number of fused-ring (bicyclic) bond motifs is 1. The molecule has 1 N–H and O–H groups in total. The molecule has 0 atom stereocenters. The van der Waals surface area contributed by atoms with Crippen LogP contribution in [0.4, 0.5) is 0 Å². The van der Waals surface area contributed by atoms with Crippen molar-refractivity contribution in [2.75, 3.05) is 33.9 Å². The second kappa shape index (κ2) is 7.68. The Morgan fingerprint density at radius 1 is 1.14 bits per heavy atom. The van der Waals surface area contributed by atoms with Gasteiger partial charge in [0.15, 0.2) is 0 Å². The first kappa shape index (κ1) is 15.4. The molecule has 0 radical (unpaired) electrons. The Balaban J connectivity index is 2.25. The molecule has 21 heavy (non-hydrogen) atoms. The molecular formula is C18H21NO2. The summed E-state index contributed by atoms with van der Waals surface area (Å²) >= 11 is 0. The van der Waals surface area contributed by atoms with Crippen LogP contribution in [0.1, 0.15) is 12.0 Å². The first-order chi connectivity index (χ1) is 10.2. The molecule has 3 nitrogen and oxygen atoms in total. The molecule has 3 heteroatoms. The average molecular weight is 283 g/mol. The molecule has 2 aromatic rings. The molecule has 0 saturated heterocycles. The average Bonchev–Trinajstić information content (AvgIpc) is 2.49. The topological polar surface area (TPSA) is 32.7 Å². The summed E-state index contributed by atoms with van der Waals surface area (Å²) in [6.07, 6.45) is 0.965. The third-order valence-electron chi connectivity index (χ3n) is 3.19. The summed E-state index contributed by atoms with van der Waals surface area (Å²) in [4.78, 5) is 2.14. The van der Waals surface area contributed by atoms with Crippen molar-refractivity contribution in [3.63, 3.8) is 0 Å². The maximum atomic E-state index is 8.95. The van der Waals surface area contributed by atoms with Gasteiger partial charge in [-0.2, -0.15) is 0 Å². The zero-order chi connectivity index (χ0) is 15.1. The highest BCUT2D eigenvalue weighted by molar-refractivity contribution is 5.90. The van der Waals surface area contributed by atoms with Crippen LogP contribution in [0.15, 0.2) is 36.4 Å². The Bertz CT molecular complexity index is 653. The van der Waals surface area contributed by atoms with Crippen molar-refractivity contribution in [2.45, 2.75) is 6.42 Å². The third-order valence-corrected chi connectivity index (χ3v) is 3.19. The Labute approximate surface area is 126 Å². The van der Waals surface area contributed by atoms with E-state index in [2.05, 4.69) is 22.8 Å². The fourth-order valence-corrected chi connectivity index (χ4v) is 2.19. The zero-order valence-electron chi connectivity index (χ0n) is 12.6. The van der Waals surface area contributed by atoms with Gasteiger partial charge in [-0.15, -0.1) is 0 Å². The summed E-state index contributed by atoms with van der Waals surface area (Å²) in [5.74, 6) is 6.53. The maximum absolute atomic E-state index is 8.95. The molecule has 0 amide bonds. The lowest BCUT2D eigenvalue weighted by molar-refractivity contribution is 0.281. The third kappa shape index (κ3) is 4.22. The summed E-state index contributed by atoms with van der Waals surface area (Å²) in [5, 5.41) is 11.1. The van der Waals surface area contributed by atoms with Crippen LogP contribution in [-0.4, -0.2) is 43.9 Å². The van der Waals surface area contributed by atoms with E-state index in [4.69, 9.17) is 9.84 Å². The van der Waals surface area contributed by atoms with E-state index in [0.29, 0.717) is 6.61 Å². The summed E-state index contributed by atoms with van der Waals surface area (Å²) in [5.41, 5.74) is 0.854. The van der Waals surface area contributed by atoms with Crippen molar-refractivity contribution in [3.05, 3.63) is 42.0 Å². The Morgan fingerprint density at radius 3 is 2.71 bits per heavy atom. The van der Waals surface area contributed by atoms with Gasteiger partial charge in [-0.25, -0.2) is 0 Å². The quantitative estimate of drug-likeness (QED) is 0.676. The Kier molecular flexibility index (Phi) is 5.62. The summed E-state index contributed by atoms with van der Waals surface area (Å²) in [7, 11) is 4.10. The number of benzene rings is 2. The SMILES string of the molecule is CN(C)CCCOc1ccc2ccccc2c1C#CCO. The van der Waals surface area contributed by atoms with Crippen molar-refractivity contribution in [3.8, 4) is 17.6 Å². The van der Waals surface area contributed by atoms with Gasteiger partial charge >= 0.3 is 0 Å². The normalized spacial score (nSPS) is 10.5. The van der Waals surface area contributed by atoms with Crippen molar-refractivity contribution >= 4 is 10.8 Å². The molecule has 0 bridgehead atoms. The van der Waals surface area contributed by atoms with E-state index in [1.165, 1.54) is 0 Å². The zero-order valence-corrected chi connectivity index (χ0v) is 12.6. The van der Waals surface area contributed by atoms with Gasteiger partial charge in [-0.1, -0.05) is 42.2 Å². The molecule has 0 aromatic heterocycles. The van der Waals surface area contributed by atoms with E-state index in [9.17, 15) is 0 Å². The van der Waals surface area contributed by atoms with Crippen LogP contribution < -0.4 is 4.74 Å². The van der Waals surface area contributed by atoms with Gasteiger partial charge in [0.05, 0.1) is 12.2 Å². The smallest absolute Gasteiger partial charge is 0.135 e. The predicted molar refractivity (Wildman–Crippen MR) is 86.6 cm³/mol. The van der Waals surface area contributed by atoms with Gasteiger partial charge in [0, 0.05) is 11.9 Å². The Hall–Kier alpha value is -2.02. The maximum Gasteiger partial charge on any atom is 0.135 e. The van der Waals surface area contributed by atoms with Gasteiger partial charge in [0.25, 0.3) is 0 Å². The number of aliphatic hydroxyl groups excluding tert-OH is 1. The molecule has 0 aliphatic heterocycles. The van der Waals surface area contributed by atoms with E-state index in [0.717, 1.165) is 35.1 Å². The second-order valence-corrected chi connectivity index (χ2v) is 5.13. The van der Waals surface area contributed by atoms with E-state index in [1.807, 2.05) is 44.4 Å². The van der Waals surface area contributed by atoms with Crippen molar-refractivity contribution in [1.29, 1.82) is 0 Å². The van der Waals surface area contributed by atoms with Crippen molar-refractivity contribution in [2.24, 2.45) is 0 Å². The molecule has 0 fully saturated rings. The molecule has 110 valence electrons. The lowest BCUT2D eigenvalue weighted by Gasteiger charge is -2.12. The van der Waals surface area contributed by atoms with Crippen LogP contribution in [-0.2, 0) is 0 Å². The van der Waals surface area contributed by atoms with Crippen LogP contribution in [0.2, 0.25) is 0 Å². The van der Waals surface area contributed by atoms with Crippen molar-refractivity contribution in [1.82, 2.24) is 4.90 Å². The summed E-state index contributed by atoms with van der Waals surface area (Å²) < 4.78 is 5.88. The van der Waals surface area contributed by atoms with E-state index in [-0.39, 0.29) is 6.61 Å². The number of hydrogen-bond acceptors (Lipinski definition) is 3. The second-order valence-electron chi connectivity index (χ2n) is 5.13. The molecule has 0 unspecified atom stereocenters. The molecule has 0 heterocycles. The number of ether oxygens (including phenoxy) is 1. The molecule has 0 spiro atoms. The Morgan fingerprint density at radius 2 is 1.95 bits per heavy atom. The van der Waals surface area contributed by atoms with E-state index < -0.39 is 0 Å². The summed E-state index contributed by atoms with van der Waals surface area (Å²) in [6, 6.07) is 12.1. The molecular weight excluding hydrogens is 262 g/mol. The molecule has 0 aliphatic carbocycles. The highest BCUT2D eigenvalue weighted by Crippen LogP contribution is 2.27. The molecule has 0 saturated carbocycles. The monoisotopic (exact) mass is 283 g/mol. The van der Waals surface area contributed by atoms with Gasteiger partial charge in [0.1, 0.15) is 12.4 Å². The fraction of sp³-hybridized carbons (Fsp3) is 0.333. The van der Waals surface area contributed by atoms with Gasteiger partial charge < -0.3 is 14.7 Å². The largest absolute Gasteiger partial charge is 0.492 e. The molecule has 2 aromatic carbocycles. The first-order valence-corrected chi connectivity index (χ1v) is 7.11. The van der Waals surface area contributed by atoms with Crippen LogP contribution in [0.3, 0.4) is 0 Å². The minimum Gasteiger partial charge on any atom is -0.492 e. The number of hydrogen-bond donors (Lipinski definition) is 1. The minimum absolute atomic E-state index is 0.150. The number of nitrogens with zero attached hydrogens (tertiary/aromatic N) is 1. The van der Waals surface area contributed by atoms with Gasteiger partial charge in [-0.05, 0) is 32.0 Å². The van der Waals surface area contributed by atoms with Gasteiger partial charge in [-0.3, -0.25) is 0 Å². The van der Waals surface area contributed by atoms with Crippen LogP contribution in [0.25, 0.3) is 10.8 Å². The lowest BCUT2D eigenvalue weighted by Crippen LogP contribution is -2.15. The van der Waals surface area contributed by atoms with Crippen LogP contribution >= 0.6 is 0 Å².